The molecule has 0 saturated carbocycles. The molecule has 2 aliphatic rings. The molecule has 2 aromatic carbocycles. The van der Waals surface area contributed by atoms with Gasteiger partial charge in [-0.25, -0.2) is 8.42 Å². The smallest absolute Gasteiger partial charge is 0.252 e. The monoisotopic (exact) mass is 416 g/mol. The second-order valence-electron chi connectivity index (χ2n) is 7.34. The van der Waals surface area contributed by atoms with Gasteiger partial charge in [0.25, 0.3) is 5.91 Å². The number of methoxy groups -OCH3 is 2. The number of hydrogen-bond donors (Lipinski definition) is 0. The number of nitrogens with zero attached hydrogens (tertiary/aromatic N) is 2. The molecule has 154 valence electrons. The number of benzene rings is 2. The molecule has 29 heavy (non-hydrogen) atoms. The number of rotatable bonds is 6. The van der Waals surface area contributed by atoms with Crippen LogP contribution in [0.1, 0.15) is 5.56 Å². The first-order valence-corrected chi connectivity index (χ1v) is 10.9. The van der Waals surface area contributed by atoms with E-state index in [1.165, 1.54) is 18.5 Å². The van der Waals surface area contributed by atoms with Gasteiger partial charge < -0.3 is 14.4 Å². The summed E-state index contributed by atoms with van der Waals surface area (Å²) in [5.41, 5.74) is 1.01. The normalized spacial score (nSPS) is 24.7. The van der Waals surface area contributed by atoms with Crippen LogP contribution in [0.4, 0.5) is 0 Å². The van der Waals surface area contributed by atoms with E-state index in [2.05, 4.69) is 0 Å². The second-order valence-corrected chi connectivity index (χ2v) is 9.27. The lowest BCUT2D eigenvalue weighted by molar-refractivity contribution is -0.138. The van der Waals surface area contributed by atoms with Gasteiger partial charge in [0.15, 0.2) is 0 Å². The SMILES string of the molecule is COc1ccc(S(=O)(=O)N2C[C@@H]3[C@H](OC)C(=O)N(Cc4ccccc4)[C@@H]3C2)cc1. The van der Waals surface area contributed by atoms with Crippen molar-refractivity contribution in [3.63, 3.8) is 0 Å². The molecule has 2 fully saturated rings. The van der Waals surface area contributed by atoms with Crippen LogP contribution in [-0.2, 0) is 26.1 Å². The summed E-state index contributed by atoms with van der Waals surface area (Å²) in [6.45, 7) is 0.961. The van der Waals surface area contributed by atoms with Crippen molar-refractivity contribution in [1.82, 2.24) is 9.21 Å². The van der Waals surface area contributed by atoms with Crippen molar-refractivity contribution < 1.29 is 22.7 Å². The molecule has 0 spiro atoms. The molecule has 1 amide bonds. The van der Waals surface area contributed by atoms with Crippen LogP contribution in [0.3, 0.4) is 0 Å². The predicted molar refractivity (Wildman–Crippen MR) is 107 cm³/mol. The van der Waals surface area contributed by atoms with Crippen molar-refractivity contribution in [2.24, 2.45) is 5.92 Å². The lowest BCUT2D eigenvalue weighted by Crippen LogP contribution is -2.40. The van der Waals surface area contributed by atoms with Gasteiger partial charge >= 0.3 is 0 Å². The Kier molecular flexibility index (Phi) is 5.33. The van der Waals surface area contributed by atoms with Crippen molar-refractivity contribution >= 4 is 15.9 Å². The fourth-order valence-corrected chi connectivity index (χ4v) is 5.75. The van der Waals surface area contributed by atoms with Crippen molar-refractivity contribution in [3.05, 3.63) is 60.2 Å². The third-order valence-electron chi connectivity index (χ3n) is 5.76. The molecular formula is C21H24N2O5S. The van der Waals surface area contributed by atoms with Crippen molar-refractivity contribution in [1.29, 1.82) is 0 Å². The Labute approximate surface area is 170 Å². The highest BCUT2D eigenvalue weighted by atomic mass is 32.2. The highest BCUT2D eigenvalue weighted by Gasteiger charge is 2.54. The van der Waals surface area contributed by atoms with Gasteiger partial charge in [0, 0.05) is 32.7 Å². The molecule has 2 aromatic rings. The minimum absolute atomic E-state index is 0.0761. The van der Waals surface area contributed by atoms with E-state index in [1.807, 2.05) is 30.3 Å². The van der Waals surface area contributed by atoms with Gasteiger partial charge in [-0.1, -0.05) is 30.3 Å². The van der Waals surface area contributed by atoms with Crippen LogP contribution in [0, 0.1) is 5.92 Å². The van der Waals surface area contributed by atoms with Crippen molar-refractivity contribution in [2.75, 3.05) is 27.3 Å². The zero-order valence-corrected chi connectivity index (χ0v) is 17.2. The minimum atomic E-state index is -3.67. The summed E-state index contributed by atoms with van der Waals surface area (Å²) in [5, 5.41) is 0. The first-order chi connectivity index (χ1) is 14.0. The molecule has 0 aliphatic carbocycles. The van der Waals surface area contributed by atoms with E-state index in [1.54, 1.807) is 29.2 Å². The predicted octanol–water partition coefficient (Wildman–Crippen LogP) is 1.74. The molecule has 0 radical (unpaired) electrons. The van der Waals surface area contributed by atoms with Crippen molar-refractivity contribution in [2.45, 2.75) is 23.6 Å². The molecule has 2 aliphatic heterocycles. The third kappa shape index (κ3) is 3.52. The van der Waals surface area contributed by atoms with E-state index in [0.29, 0.717) is 12.3 Å². The first-order valence-electron chi connectivity index (χ1n) is 9.47. The number of hydrogen-bond acceptors (Lipinski definition) is 5. The van der Waals surface area contributed by atoms with Crippen LogP contribution in [0.15, 0.2) is 59.5 Å². The number of fused-ring (bicyclic) bond motifs is 1. The molecule has 0 bridgehead atoms. The van der Waals surface area contributed by atoms with Crippen LogP contribution in [-0.4, -0.2) is 63.0 Å². The van der Waals surface area contributed by atoms with Crippen LogP contribution < -0.4 is 4.74 Å². The molecule has 8 heteroatoms. The van der Waals surface area contributed by atoms with Crippen LogP contribution in [0.2, 0.25) is 0 Å². The van der Waals surface area contributed by atoms with Crippen LogP contribution in [0.25, 0.3) is 0 Å². The molecule has 4 rings (SSSR count). The molecule has 2 saturated heterocycles. The van der Waals surface area contributed by atoms with Gasteiger partial charge in [0.2, 0.25) is 10.0 Å². The number of ether oxygens (including phenoxy) is 2. The fourth-order valence-electron chi connectivity index (χ4n) is 4.26. The molecule has 2 heterocycles. The molecule has 0 unspecified atom stereocenters. The van der Waals surface area contributed by atoms with Gasteiger partial charge in [-0.15, -0.1) is 0 Å². The third-order valence-corrected chi connectivity index (χ3v) is 7.61. The molecule has 7 nitrogen and oxygen atoms in total. The Morgan fingerprint density at radius 3 is 2.31 bits per heavy atom. The maximum atomic E-state index is 13.1. The summed E-state index contributed by atoms with van der Waals surface area (Å²) in [4.78, 5) is 14.8. The topological polar surface area (TPSA) is 76.1 Å². The number of sulfonamides is 1. The Hall–Kier alpha value is -2.42. The summed E-state index contributed by atoms with van der Waals surface area (Å²) in [6.07, 6.45) is -0.625. The molecular weight excluding hydrogens is 392 g/mol. The van der Waals surface area contributed by atoms with E-state index in [9.17, 15) is 13.2 Å². The Bertz CT molecular complexity index is 978. The van der Waals surface area contributed by atoms with E-state index in [0.717, 1.165) is 5.56 Å². The highest BCUT2D eigenvalue weighted by molar-refractivity contribution is 7.89. The second kappa shape index (κ2) is 7.78. The van der Waals surface area contributed by atoms with Gasteiger partial charge in [-0.05, 0) is 29.8 Å². The van der Waals surface area contributed by atoms with E-state index in [4.69, 9.17) is 9.47 Å². The van der Waals surface area contributed by atoms with Gasteiger partial charge in [-0.3, -0.25) is 4.79 Å². The zero-order valence-electron chi connectivity index (χ0n) is 16.4. The highest BCUT2D eigenvalue weighted by Crippen LogP contribution is 2.37. The van der Waals surface area contributed by atoms with Crippen molar-refractivity contribution in [3.8, 4) is 5.75 Å². The number of likely N-dealkylation sites (tertiary alicyclic amines) is 1. The first kappa shape index (κ1) is 19.9. The zero-order chi connectivity index (χ0) is 20.6. The van der Waals surface area contributed by atoms with Crippen LogP contribution in [0.5, 0.6) is 5.75 Å². The summed E-state index contributed by atoms with van der Waals surface area (Å²) < 4.78 is 38.3. The Morgan fingerprint density at radius 1 is 1.00 bits per heavy atom. The summed E-state index contributed by atoms with van der Waals surface area (Å²) in [6, 6.07) is 15.8. The van der Waals surface area contributed by atoms with Gasteiger partial charge in [0.1, 0.15) is 11.9 Å². The molecule has 0 N–H and O–H groups in total. The van der Waals surface area contributed by atoms with E-state index < -0.39 is 16.1 Å². The number of amides is 1. The Morgan fingerprint density at radius 2 is 1.69 bits per heavy atom. The minimum Gasteiger partial charge on any atom is -0.497 e. The average molecular weight is 416 g/mol. The molecule has 0 aromatic heterocycles. The maximum absolute atomic E-state index is 13.1. The van der Waals surface area contributed by atoms with E-state index in [-0.39, 0.29) is 35.9 Å². The summed E-state index contributed by atoms with van der Waals surface area (Å²) in [5.74, 6) is 0.332. The average Bonchev–Trinajstić information content (AvgIpc) is 3.27. The number of carbonyl (C=O) groups is 1. The summed E-state index contributed by atoms with van der Waals surface area (Å²) >= 11 is 0. The number of carbonyl (C=O) groups excluding carboxylic acids is 1. The summed E-state index contributed by atoms with van der Waals surface area (Å²) in [7, 11) is -0.625. The quantitative estimate of drug-likeness (QED) is 0.717. The fraction of sp³-hybridized carbons (Fsp3) is 0.381. The van der Waals surface area contributed by atoms with Crippen LogP contribution >= 0.6 is 0 Å². The largest absolute Gasteiger partial charge is 0.497 e. The van der Waals surface area contributed by atoms with Gasteiger partial charge in [-0.2, -0.15) is 4.31 Å². The maximum Gasteiger partial charge on any atom is 0.252 e. The Balaban J connectivity index is 1.58. The van der Waals surface area contributed by atoms with E-state index >= 15 is 0 Å². The lowest BCUT2D eigenvalue weighted by atomic mass is 10.0. The van der Waals surface area contributed by atoms with Gasteiger partial charge in [0.05, 0.1) is 18.0 Å². The molecule has 3 atom stereocenters. The lowest BCUT2D eigenvalue weighted by Gasteiger charge is -2.25. The standard InChI is InChI=1S/C21H24N2O5S/c1-27-16-8-10-17(11-9-16)29(25,26)22-13-18-19(14-22)23(21(24)20(18)28-2)12-15-6-4-3-5-7-15/h3-11,18-20H,12-14H2,1-2H3/t18-,19+,20-/m0/s1.